The van der Waals surface area contributed by atoms with Crippen molar-refractivity contribution in [2.45, 2.75) is 91.0 Å². The fourth-order valence-corrected chi connectivity index (χ4v) is 9.45. The van der Waals surface area contributed by atoms with Crippen molar-refractivity contribution in [2.75, 3.05) is 19.8 Å². The van der Waals surface area contributed by atoms with Crippen LogP contribution in [0, 0.1) is 5.92 Å². The van der Waals surface area contributed by atoms with Crippen molar-refractivity contribution in [3.05, 3.63) is 60.7 Å². The summed E-state index contributed by atoms with van der Waals surface area (Å²) in [7, 11) is -2.85. The Morgan fingerprint density at radius 3 is 1.66 bits per heavy atom. The third kappa shape index (κ3) is 10.8. The summed E-state index contributed by atoms with van der Waals surface area (Å²) in [6.07, 6.45) is -0.791. The normalized spacial score (nSPS) is 14.1. The van der Waals surface area contributed by atoms with E-state index < -0.39 is 37.7 Å². The Bertz CT molecular complexity index is 1050. The Balaban J connectivity index is 2.40. The molecule has 0 saturated heterocycles. The van der Waals surface area contributed by atoms with Gasteiger partial charge in [0.2, 0.25) is 0 Å². The molecule has 2 aromatic rings. The lowest BCUT2D eigenvalue weighted by atomic mass is 10.0. The zero-order valence-corrected chi connectivity index (χ0v) is 27.2. The minimum absolute atomic E-state index is 0.232. The van der Waals surface area contributed by atoms with Crippen LogP contribution in [0.3, 0.4) is 0 Å². The van der Waals surface area contributed by atoms with Gasteiger partial charge in [-0.15, -0.1) is 0 Å². The number of aliphatic hydroxyl groups is 1. The molecule has 0 spiro atoms. The first-order valence-electron chi connectivity index (χ1n) is 14.3. The predicted octanol–water partition coefficient (Wildman–Crippen LogP) is 4.98. The Morgan fingerprint density at radius 2 is 1.24 bits per heavy atom. The quantitative estimate of drug-likeness (QED) is 0.321. The largest absolute Gasteiger partial charge is 0.444 e. The van der Waals surface area contributed by atoms with Gasteiger partial charge in [-0.3, -0.25) is 0 Å². The molecule has 0 aliphatic heterocycles. The number of rotatable bonds is 11. The van der Waals surface area contributed by atoms with Crippen LogP contribution in [-0.4, -0.2) is 62.6 Å². The smallest absolute Gasteiger partial charge is 0.407 e. The van der Waals surface area contributed by atoms with Gasteiger partial charge in [-0.25, -0.2) is 9.59 Å². The van der Waals surface area contributed by atoms with E-state index in [0.717, 1.165) is 10.4 Å². The number of hydrogen-bond acceptors (Lipinski definition) is 6. The Labute approximate surface area is 247 Å². The molecule has 2 unspecified atom stereocenters. The van der Waals surface area contributed by atoms with E-state index in [1.165, 1.54) is 0 Å². The number of hydrogen-bond donors (Lipinski definition) is 3. The van der Waals surface area contributed by atoms with Gasteiger partial charge >= 0.3 is 12.2 Å². The van der Waals surface area contributed by atoms with Gasteiger partial charge in [0.25, 0.3) is 8.32 Å². The highest BCUT2D eigenvalue weighted by atomic mass is 28.4. The van der Waals surface area contributed by atoms with Crippen molar-refractivity contribution >= 4 is 30.9 Å². The number of carbonyl (C=O) groups excluding carboxylic acids is 2. The van der Waals surface area contributed by atoms with Crippen molar-refractivity contribution in [2.24, 2.45) is 5.92 Å². The van der Waals surface area contributed by atoms with Gasteiger partial charge < -0.3 is 29.6 Å². The first-order chi connectivity index (χ1) is 19.0. The summed E-state index contributed by atoms with van der Waals surface area (Å²) in [6.45, 7) is 17.6. The Morgan fingerprint density at radius 1 is 0.780 bits per heavy atom. The lowest BCUT2D eigenvalue weighted by molar-refractivity contribution is 0.0446. The standard InChI is InChI=1S/C32H50N2O6Si/c1-30(2,3)39-28(36)33-21-24(20-25(22-35)34-29(37)40-31(4,5)6)23-38-41(32(7,8)9,26-16-12-10-13-17-26)27-18-14-11-15-19-27/h10-19,24-25,35H,20-23H2,1-9H3,(H,33,36)(H,34,37). The summed E-state index contributed by atoms with van der Waals surface area (Å²) in [5.74, 6) is -0.253. The summed E-state index contributed by atoms with van der Waals surface area (Å²) >= 11 is 0. The minimum atomic E-state index is -2.85. The van der Waals surface area contributed by atoms with Crippen molar-refractivity contribution in [3.8, 4) is 0 Å². The minimum Gasteiger partial charge on any atom is -0.444 e. The lowest BCUT2D eigenvalue weighted by Crippen LogP contribution is -2.67. The highest BCUT2D eigenvalue weighted by Gasteiger charge is 2.50. The van der Waals surface area contributed by atoms with Crippen LogP contribution in [0.1, 0.15) is 68.7 Å². The number of nitrogens with one attached hydrogen (secondary N) is 2. The van der Waals surface area contributed by atoms with Crippen LogP contribution >= 0.6 is 0 Å². The average Bonchev–Trinajstić information content (AvgIpc) is 2.85. The molecule has 0 aliphatic rings. The predicted molar refractivity (Wildman–Crippen MR) is 166 cm³/mol. The van der Waals surface area contributed by atoms with Crippen LogP contribution in [0.2, 0.25) is 5.04 Å². The second-order valence-corrected chi connectivity index (χ2v) is 17.8. The third-order valence-electron chi connectivity index (χ3n) is 6.45. The zero-order chi connectivity index (χ0) is 30.9. The first kappa shape index (κ1) is 34.3. The van der Waals surface area contributed by atoms with Crippen LogP contribution in [-0.2, 0) is 13.9 Å². The molecule has 0 radical (unpaired) electrons. The van der Waals surface area contributed by atoms with Gasteiger partial charge in [-0.2, -0.15) is 0 Å². The van der Waals surface area contributed by atoms with E-state index in [1.807, 2.05) is 57.2 Å². The molecule has 0 heterocycles. The maximum Gasteiger partial charge on any atom is 0.407 e. The summed E-state index contributed by atoms with van der Waals surface area (Å²) in [6, 6.07) is 20.0. The molecule has 228 valence electrons. The highest BCUT2D eigenvalue weighted by Crippen LogP contribution is 2.37. The molecular formula is C32H50N2O6Si. The van der Waals surface area contributed by atoms with E-state index in [-0.39, 0.29) is 30.7 Å². The summed E-state index contributed by atoms with van der Waals surface area (Å²) in [5, 5.41) is 17.8. The van der Waals surface area contributed by atoms with Crippen LogP contribution < -0.4 is 21.0 Å². The van der Waals surface area contributed by atoms with Gasteiger partial charge in [0.05, 0.1) is 12.6 Å². The van der Waals surface area contributed by atoms with Gasteiger partial charge in [0.1, 0.15) is 11.2 Å². The number of ether oxygens (including phenoxy) is 2. The molecule has 0 aliphatic carbocycles. The maximum absolute atomic E-state index is 12.6. The molecule has 41 heavy (non-hydrogen) atoms. The number of aliphatic hydroxyl groups excluding tert-OH is 1. The number of alkyl carbamates (subject to hydrolysis) is 2. The number of carbonyl (C=O) groups is 2. The highest BCUT2D eigenvalue weighted by molar-refractivity contribution is 6.99. The lowest BCUT2D eigenvalue weighted by Gasteiger charge is -2.44. The van der Waals surface area contributed by atoms with E-state index in [1.54, 1.807) is 20.8 Å². The second-order valence-electron chi connectivity index (χ2n) is 13.5. The summed E-state index contributed by atoms with van der Waals surface area (Å²) in [5.41, 5.74) is -1.31. The topological polar surface area (TPSA) is 106 Å². The Kier molecular flexibility index (Phi) is 12.0. The molecule has 0 aromatic heterocycles. The Hall–Kier alpha value is -2.88. The molecule has 3 N–H and O–H groups in total. The van der Waals surface area contributed by atoms with E-state index in [0.29, 0.717) is 6.42 Å². The molecular weight excluding hydrogens is 536 g/mol. The van der Waals surface area contributed by atoms with E-state index >= 15 is 0 Å². The molecule has 9 heteroatoms. The summed E-state index contributed by atoms with van der Waals surface area (Å²) < 4.78 is 18.0. The number of amides is 2. The molecule has 0 bridgehead atoms. The first-order valence-corrected chi connectivity index (χ1v) is 16.2. The van der Waals surface area contributed by atoms with Gasteiger partial charge in [0.15, 0.2) is 0 Å². The molecule has 0 fully saturated rings. The molecule has 8 nitrogen and oxygen atoms in total. The molecule has 2 aromatic carbocycles. The monoisotopic (exact) mass is 586 g/mol. The van der Waals surface area contributed by atoms with E-state index in [4.69, 9.17) is 13.9 Å². The van der Waals surface area contributed by atoms with Gasteiger partial charge in [-0.1, -0.05) is 81.4 Å². The van der Waals surface area contributed by atoms with E-state index in [2.05, 4.69) is 55.7 Å². The van der Waals surface area contributed by atoms with E-state index in [9.17, 15) is 14.7 Å². The summed E-state index contributed by atoms with van der Waals surface area (Å²) in [4.78, 5) is 25.0. The van der Waals surface area contributed by atoms with Crippen molar-refractivity contribution < 1.29 is 28.6 Å². The second kappa shape index (κ2) is 14.3. The van der Waals surface area contributed by atoms with Crippen molar-refractivity contribution in [3.63, 3.8) is 0 Å². The fourth-order valence-electron chi connectivity index (χ4n) is 4.81. The fraction of sp³-hybridized carbons (Fsp3) is 0.562. The van der Waals surface area contributed by atoms with Crippen molar-refractivity contribution in [1.29, 1.82) is 0 Å². The molecule has 2 rings (SSSR count). The SMILES string of the molecule is CC(C)(C)OC(=O)NCC(CO[Si](c1ccccc1)(c1ccccc1)C(C)(C)C)CC(CO)NC(=O)OC(C)(C)C. The van der Waals surface area contributed by atoms with Crippen LogP contribution in [0.4, 0.5) is 9.59 Å². The third-order valence-corrected chi connectivity index (χ3v) is 11.5. The average molecular weight is 587 g/mol. The number of benzene rings is 2. The molecule has 2 amide bonds. The molecule has 0 saturated carbocycles. The van der Waals surface area contributed by atoms with Crippen LogP contribution in [0.5, 0.6) is 0 Å². The van der Waals surface area contributed by atoms with Gasteiger partial charge in [0, 0.05) is 19.1 Å². The zero-order valence-electron chi connectivity index (χ0n) is 26.2. The van der Waals surface area contributed by atoms with Gasteiger partial charge in [-0.05, 0) is 63.4 Å². The van der Waals surface area contributed by atoms with Crippen molar-refractivity contribution in [1.82, 2.24) is 10.6 Å². The van der Waals surface area contributed by atoms with Crippen LogP contribution in [0.15, 0.2) is 60.7 Å². The molecule has 2 atom stereocenters. The maximum atomic E-state index is 12.6. The van der Waals surface area contributed by atoms with Crippen LogP contribution in [0.25, 0.3) is 0 Å².